The third-order valence-electron chi connectivity index (χ3n) is 1.96. The molecule has 1 aromatic carbocycles. The first-order chi connectivity index (χ1) is 6.31. The molecule has 0 amide bonds. The van der Waals surface area contributed by atoms with Crippen LogP contribution in [0.4, 0.5) is 0 Å². The Morgan fingerprint density at radius 1 is 1.46 bits per heavy atom. The molecule has 1 heterocycles. The summed E-state index contributed by atoms with van der Waals surface area (Å²) in [6, 6.07) is 5.76. The molecule has 4 heteroatoms. The number of aromatic nitrogens is 2. The Hall–Kier alpha value is -1.03. The summed E-state index contributed by atoms with van der Waals surface area (Å²) in [5, 5.41) is 12.1. The van der Waals surface area contributed by atoms with Crippen molar-refractivity contribution in [3.05, 3.63) is 35.3 Å². The van der Waals surface area contributed by atoms with E-state index in [-0.39, 0.29) is 0 Å². The molecule has 0 N–H and O–H groups in total. The maximum atomic E-state index is 11.2. The molecule has 0 bridgehead atoms. The van der Waals surface area contributed by atoms with E-state index in [1.807, 2.05) is 18.2 Å². The van der Waals surface area contributed by atoms with E-state index in [0.717, 1.165) is 27.6 Å². The highest BCUT2D eigenvalue weighted by molar-refractivity contribution is 9.09. The van der Waals surface area contributed by atoms with Crippen LogP contribution in [0, 0.1) is 5.21 Å². The molecule has 3 nitrogen and oxygen atoms in total. The lowest BCUT2D eigenvalue weighted by Crippen LogP contribution is -1.87. The molecular formula is C9H8BrN2O-. The number of alkyl halides is 1. The molecule has 0 saturated carbocycles. The van der Waals surface area contributed by atoms with Gasteiger partial charge < -0.3 is 9.94 Å². The van der Waals surface area contributed by atoms with Gasteiger partial charge in [-0.2, -0.15) is 0 Å². The van der Waals surface area contributed by atoms with E-state index in [1.165, 1.54) is 6.33 Å². The lowest BCUT2D eigenvalue weighted by atomic mass is 10.1. The highest BCUT2D eigenvalue weighted by Gasteiger charge is 1.98. The molecule has 68 valence electrons. The highest BCUT2D eigenvalue weighted by atomic mass is 79.9. The van der Waals surface area contributed by atoms with Crippen LogP contribution >= 0.6 is 15.9 Å². The van der Waals surface area contributed by atoms with Crippen LogP contribution in [0.3, 0.4) is 0 Å². The second kappa shape index (κ2) is 3.38. The van der Waals surface area contributed by atoms with Gasteiger partial charge in [0.15, 0.2) is 0 Å². The molecule has 0 spiro atoms. The van der Waals surface area contributed by atoms with Crippen LogP contribution in [0.1, 0.15) is 5.56 Å². The maximum absolute atomic E-state index is 11.2. The summed E-state index contributed by atoms with van der Waals surface area (Å²) in [6.45, 7) is 0. The molecule has 0 aliphatic carbocycles. The monoisotopic (exact) mass is 239 g/mol. The van der Waals surface area contributed by atoms with Crippen molar-refractivity contribution in [2.45, 2.75) is 6.42 Å². The van der Waals surface area contributed by atoms with Crippen LogP contribution in [0.2, 0.25) is 0 Å². The second-order valence-electron chi connectivity index (χ2n) is 2.83. The average molecular weight is 240 g/mol. The number of fused-ring (bicyclic) bond motifs is 1. The molecule has 2 rings (SSSR count). The van der Waals surface area contributed by atoms with E-state index >= 15 is 0 Å². The van der Waals surface area contributed by atoms with E-state index in [1.54, 1.807) is 0 Å². The summed E-state index contributed by atoms with van der Waals surface area (Å²) in [5.41, 5.74) is 2.56. The topological polar surface area (TPSA) is 40.9 Å². The van der Waals surface area contributed by atoms with Gasteiger partial charge in [-0.15, -0.1) is 0 Å². The zero-order chi connectivity index (χ0) is 9.26. The number of benzene rings is 1. The minimum Gasteiger partial charge on any atom is -0.805 e. The first kappa shape index (κ1) is 8.56. The van der Waals surface area contributed by atoms with Crippen molar-refractivity contribution in [3.63, 3.8) is 0 Å². The molecule has 0 radical (unpaired) electrons. The van der Waals surface area contributed by atoms with Crippen LogP contribution in [-0.2, 0) is 6.42 Å². The van der Waals surface area contributed by atoms with E-state index in [4.69, 9.17) is 0 Å². The highest BCUT2D eigenvalue weighted by Crippen LogP contribution is 2.14. The SMILES string of the molecule is [O-]n1cnc2ccc(CCBr)cc21. The summed E-state index contributed by atoms with van der Waals surface area (Å²) < 4.78 is 0.799. The Balaban J connectivity index is 2.53. The number of halogens is 1. The first-order valence-corrected chi connectivity index (χ1v) is 5.13. The van der Waals surface area contributed by atoms with E-state index < -0.39 is 0 Å². The van der Waals surface area contributed by atoms with Crippen LogP contribution in [0.15, 0.2) is 24.5 Å². The van der Waals surface area contributed by atoms with Gasteiger partial charge >= 0.3 is 0 Å². The third kappa shape index (κ3) is 1.54. The maximum Gasteiger partial charge on any atom is 0.0911 e. The molecule has 0 aliphatic rings. The van der Waals surface area contributed by atoms with Crippen LogP contribution in [-0.4, -0.2) is 15.0 Å². The molecule has 2 aromatic rings. The van der Waals surface area contributed by atoms with Crippen molar-refractivity contribution in [3.8, 4) is 0 Å². The average Bonchev–Trinajstić information content (AvgIpc) is 2.49. The quantitative estimate of drug-likeness (QED) is 0.756. The van der Waals surface area contributed by atoms with Crippen LogP contribution in [0.5, 0.6) is 0 Å². The molecule has 0 aliphatic heterocycles. The lowest BCUT2D eigenvalue weighted by molar-refractivity contribution is 1.11. The molecule has 0 fully saturated rings. The molecule has 0 atom stereocenters. The van der Waals surface area contributed by atoms with Crippen molar-refractivity contribution >= 4 is 27.0 Å². The van der Waals surface area contributed by atoms with Gasteiger partial charge in [0.1, 0.15) is 0 Å². The zero-order valence-corrected chi connectivity index (χ0v) is 8.49. The fourth-order valence-electron chi connectivity index (χ4n) is 1.30. The number of nitrogens with zero attached hydrogens (tertiary/aromatic N) is 2. The largest absolute Gasteiger partial charge is 0.805 e. The summed E-state index contributed by atoms with van der Waals surface area (Å²) in [7, 11) is 0. The fourth-order valence-corrected chi connectivity index (χ4v) is 1.75. The lowest BCUT2D eigenvalue weighted by Gasteiger charge is -2.06. The number of hydrogen-bond acceptors (Lipinski definition) is 2. The molecule has 13 heavy (non-hydrogen) atoms. The molecular weight excluding hydrogens is 232 g/mol. The predicted molar refractivity (Wildman–Crippen MR) is 56.0 cm³/mol. The fraction of sp³-hybridized carbons (Fsp3) is 0.222. The van der Waals surface area contributed by atoms with Gasteiger partial charge in [0, 0.05) is 5.33 Å². The van der Waals surface area contributed by atoms with Gasteiger partial charge in [0.2, 0.25) is 0 Å². The Kier molecular flexibility index (Phi) is 2.22. The minimum atomic E-state index is 0.651. The van der Waals surface area contributed by atoms with Gasteiger partial charge in [0.05, 0.1) is 17.4 Å². The Morgan fingerprint density at radius 3 is 3.08 bits per heavy atom. The standard InChI is InChI=1S/C9H8BrN2O/c10-4-3-7-1-2-8-9(5-7)12(13)6-11-8/h1-2,5-6H,3-4H2/q-1. The van der Waals surface area contributed by atoms with Crippen molar-refractivity contribution in [1.82, 2.24) is 9.71 Å². The predicted octanol–water partition coefficient (Wildman–Crippen LogP) is 2.32. The number of rotatable bonds is 2. The van der Waals surface area contributed by atoms with E-state index in [2.05, 4.69) is 20.9 Å². The first-order valence-electron chi connectivity index (χ1n) is 4.01. The Bertz CT molecular complexity index is 424. The van der Waals surface area contributed by atoms with E-state index in [9.17, 15) is 5.21 Å². The molecule has 0 saturated heterocycles. The van der Waals surface area contributed by atoms with E-state index in [0.29, 0.717) is 5.52 Å². The smallest absolute Gasteiger partial charge is 0.0911 e. The Labute approximate surface area is 84.1 Å². The van der Waals surface area contributed by atoms with Gasteiger partial charge in [-0.3, -0.25) is 0 Å². The van der Waals surface area contributed by atoms with Crippen molar-refractivity contribution in [1.29, 1.82) is 0 Å². The minimum absolute atomic E-state index is 0.651. The third-order valence-corrected chi connectivity index (χ3v) is 2.36. The number of imidazole rings is 1. The van der Waals surface area contributed by atoms with Crippen LogP contribution < -0.4 is 0 Å². The summed E-state index contributed by atoms with van der Waals surface area (Å²) in [4.78, 5) is 3.96. The molecule has 1 aromatic heterocycles. The van der Waals surface area contributed by atoms with Gasteiger partial charge in [-0.1, -0.05) is 22.0 Å². The second-order valence-corrected chi connectivity index (χ2v) is 3.63. The zero-order valence-electron chi connectivity index (χ0n) is 6.90. The van der Waals surface area contributed by atoms with Gasteiger partial charge in [0.25, 0.3) is 0 Å². The van der Waals surface area contributed by atoms with Crippen molar-refractivity contribution < 1.29 is 0 Å². The Morgan fingerprint density at radius 2 is 2.31 bits per heavy atom. The number of aryl methyl sites for hydroxylation is 1. The van der Waals surface area contributed by atoms with Gasteiger partial charge in [-0.25, -0.2) is 4.98 Å². The summed E-state index contributed by atoms with van der Waals surface area (Å²) in [6.07, 6.45) is 2.23. The normalized spacial score (nSPS) is 10.8. The summed E-state index contributed by atoms with van der Waals surface area (Å²) in [5.74, 6) is 0. The van der Waals surface area contributed by atoms with Crippen LogP contribution in [0.25, 0.3) is 11.0 Å². The van der Waals surface area contributed by atoms with Crippen molar-refractivity contribution in [2.24, 2.45) is 0 Å². The van der Waals surface area contributed by atoms with Crippen molar-refractivity contribution in [2.75, 3.05) is 5.33 Å². The molecule has 0 unspecified atom stereocenters. The van der Waals surface area contributed by atoms with Gasteiger partial charge in [-0.05, 0) is 24.1 Å². The number of hydrogen-bond donors (Lipinski definition) is 0. The summed E-state index contributed by atoms with van der Waals surface area (Å²) >= 11 is 3.36.